The molecule has 140 valence electrons. The fraction of sp³-hybridized carbons (Fsp3) is 0.0370. The Labute approximate surface area is 183 Å². The van der Waals surface area contributed by atoms with Crippen molar-refractivity contribution in [1.29, 1.82) is 10.5 Å². The van der Waals surface area contributed by atoms with E-state index < -0.39 is 5.41 Å². The first kappa shape index (κ1) is 18.4. The van der Waals surface area contributed by atoms with Crippen LogP contribution in [0.15, 0.2) is 95.5 Å². The lowest BCUT2D eigenvalue weighted by Gasteiger charge is -2.34. The summed E-state index contributed by atoms with van der Waals surface area (Å²) in [5.41, 5.74) is 7.68. The van der Waals surface area contributed by atoms with Crippen LogP contribution >= 0.6 is 15.9 Å². The van der Waals surface area contributed by atoms with E-state index in [4.69, 9.17) is 0 Å². The molecule has 3 heteroatoms. The maximum Gasteiger partial charge on any atom is 0.0991 e. The normalized spacial score (nSPS) is 13.0. The first-order valence-electron chi connectivity index (χ1n) is 9.60. The highest BCUT2D eigenvalue weighted by molar-refractivity contribution is 9.10. The molecule has 0 aromatic heterocycles. The van der Waals surface area contributed by atoms with Crippen LogP contribution in [0.5, 0.6) is 0 Å². The van der Waals surface area contributed by atoms with Crippen molar-refractivity contribution in [1.82, 2.24) is 0 Å². The third kappa shape index (κ3) is 2.47. The first-order valence-corrected chi connectivity index (χ1v) is 10.4. The van der Waals surface area contributed by atoms with E-state index in [1.165, 1.54) is 22.3 Å². The Kier molecular flexibility index (Phi) is 4.28. The van der Waals surface area contributed by atoms with Gasteiger partial charge in [-0.05, 0) is 58.1 Å². The highest BCUT2D eigenvalue weighted by Gasteiger charge is 2.46. The standard InChI is InChI=1S/C27H15BrN2/c28-25-7-3-6-24-26(25)22-4-1-2-5-23(22)27(24,20-12-8-18(16-29)9-13-20)21-14-10-19(17-30)11-15-21/h1-15H. The van der Waals surface area contributed by atoms with E-state index in [-0.39, 0.29) is 0 Å². The summed E-state index contributed by atoms with van der Waals surface area (Å²) in [5.74, 6) is 0. The lowest BCUT2D eigenvalue weighted by Crippen LogP contribution is -2.28. The summed E-state index contributed by atoms with van der Waals surface area (Å²) in [6.45, 7) is 0. The lowest BCUT2D eigenvalue weighted by atomic mass is 9.67. The minimum atomic E-state index is -0.530. The molecule has 5 rings (SSSR count). The average Bonchev–Trinajstić information content (AvgIpc) is 3.11. The fourth-order valence-electron chi connectivity index (χ4n) is 4.66. The molecule has 0 saturated heterocycles. The predicted molar refractivity (Wildman–Crippen MR) is 121 cm³/mol. The summed E-state index contributed by atoms with van der Waals surface area (Å²) in [6.07, 6.45) is 0. The molecular weight excluding hydrogens is 432 g/mol. The van der Waals surface area contributed by atoms with Gasteiger partial charge < -0.3 is 0 Å². The van der Waals surface area contributed by atoms with Gasteiger partial charge in [-0.25, -0.2) is 0 Å². The van der Waals surface area contributed by atoms with Gasteiger partial charge in [0.15, 0.2) is 0 Å². The minimum Gasteiger partial charge on any atom is -0.192 e. The van der Waals surface area contributed by atoms with Crippen molar-refractivity contribution in [2.45, 2.75) is 5.41 Å². The molecule has 4 aromatic rings. The monoisotopic (exact) mass is 446 g/mol. The third-order valence-corrected chi connectivity index (χ3v) is 6.57. The van der Waals surface area contributed by atoms with Crippen molar-refractivity contribution >= 4 is 15.9 Å². The second kappa shape index (κ2) is 6.99. The van der Waals surface area contributed by atoms with Gasteiger partial charge in [-0.15, -0.1) is 0 Å². The third-order valence-electron chi connectivity index (χ3n) is 5.91. The molecule has 0 bridgehead atoms. The van der Waals surface area contributed by atoms with Crippen LogP contribution in [0.25, 0.3) is 11.1 Å². The van der Waals surface area contributed by atoms with Gasteiger partial charge in [0.2, 0.25) is 0 Å². The summed E-state index contributed by atoms with van der Waals surface area (Å²) in [4.78, 5) is 0. The van der Waals surface area contributed by atoms with Crippen LogP contribution in [0.1, 0.15) is 33.4 Å². The summed E-state index contributed by atoms with van der Waals surface area (Å²) in [7, 11) is 0. The van der Waals surface area contributed by atoms with E-state index in [0.29, 0.717) is 11.1 Å². The Bertz CT molecular complexity index is 1300. The van der Waals surface area contributed by atoms with Gasteiger partial charge in [-0.3, -0.25) is 0 Å². The van der Waals surface area contributed by atoms with Gasteiger partial charge in [0.25, 0.3) is 0 Å². The number of halogens is 1. The number of hydrogen-bond donors (Lipinski definition) is 0. The lowest BCUT2D eigenvalue weighted by molar-refractivity contribution is 0.768. The molecule has 0 radical (unpaired) electrons. The fourth-order valence-corrected chi connectivity index (χ4v) is 5.24. The number of rotatable bonds is 2. The second-order valence-electron chi connectivity index (χ2n) is 7.34. The molecule has 0 N–H and O–H groups in total. The van der Waals surface area contributed by atoms with Gasteiger partial charge in [-0.1, -0.05) is 76.6 Å². The maximum absolute atomic E-state index is 9.30. The molecule has 4 aromatic carbocycles. The second-order valence-corrected chi connectivity index (χ2v) is 8.19. The summed E-state index contributed by atoms with van der Waals surface area (Å²) >= 11 is 3.77. The van der Waals surface area contributed by atoms with Crippen LogP contribution in [0.4, 0.5) is 0 Å². The van der Waals surface area contributed by atoms with Gasteiger partial charge in [0.1, 0.15) is 0 Å². The largest absolute Gasteiger partial charge is 0.192 e. The van der Waals surface area contributed by atoms with Crippen molar-refractivity contribution in [3.05, 3.63) is 129 Å². The van der Waals surface area contributed by atoms with E-state index in [1.54, 1.807) is 0 Å². The molecule has 0 aliphatic heterocycles. The highest BCUT2D eigenvalue weighted by Crippen LogP contribution is 2.57. The molecule has 0 unspecified atom stereocenters. The molecular formula is C27H15BrN2. The zero-order valence-corrected chi connectivity index (χ0v) is 17.5. The van der Waals surface area contributed by atoms with Crippen LogP contribution in [-0.4, -0.2) is 0 Å². The highest BCUT2D eigenvalue weighted by atomic mass is 79.9. The molecule has 1 aliphatic rings. The van der Waals surface area contributed by atoms with Crippen molar-refractivity contribution in [2.75, 3.05) is 0 Å². The number of hydrogen-bond acceptors (Lipinski definition) is 2. The molecule has 0 heterocycles. The van der Waals surface area contributed by atoms with E-state index >= 15 is 0 Å². The van der Waals surface area contributed by atoms with Crippen molar-refractivity contribution in [3.8, 4) is 23.3 Å². The van der Waals surface area contributed by atoms with Crippen LogP contribution in [0.2, 0.25) is 0 Å². The Balaban J connectivity index is 1.93. The van der Waals surface area contributed by atoms with Crippen molar-refractivity contribution in [3.63, 3.8) is 0 Å². The van der Waals surface area contributed by atoms with Gasteiger partial charge in [0, 0.05) is 10.0 Å². The zero-order chi connectivity index (χ0) is 20.7. The topological polar surface area (TPSA) is 47.6 Å². The minimum absolute atomic E-state index is 0.530. The summed E-state index contributed by atoms with van der Waals surface area (Å²) in [5, 5.41) is 18.6. The Morgan fingerprint density at radius 2 is 1.13 bits per heavy atom. The van der Waals surface area contributed by atoms with E-state index in [9.17, 15) is 10.5 Å². The summed E-state index contributed by atoms with van der Waals surface area (Å²) in [6, 6.07) is 34.9. The van der Waals surface area contributed by atoms with Crippen LogP contribution < -0.4 is 0 Å². The number of nitriles is 2. The molecule has 1 aliphatic carbocycles. The molecule has 0 atom stereocenters. The quantitative estimate of drug-likeness (QED) is 0.308. The average molecular weight is 447 g/mol. The predicted octanol–water partition coefficient (Wildman–Crippen LogP) is 6.56. The number of benzene rings is 4. The van der Waals surface area contributed by atoms with Gasteiger partial charge >= 0.3 is 0 Å². The van der Waals surface area contributed by atoms with Crippen molar-refractivity contribution in [2.24, 2.45) is 0 Å². The molecule has 30 heavy (non-hydrogen) atoms. The molecule has 0 fully saturated rings. The van der Waals surface area contributed by atoms with Gasteiger partial charge in [-0.2, -0.15) is 10.5 Å². The Hall–Kier alpha value is -3.66. The molecule has 0 saturated carbocycles. The van der Waals surface area contributed by atoms with E-state index in [0.717, 1.165) is 15.6 Å². The number of fused-ring (bicyclic) bond motifs is 3. The number of nitrogens with zero attached hydrogens (tertiary/aromatic N) is 2. The smallest absolute Gasteiger partial charge is 0.0991 e. The summed E-state index contributed by atoms with van der Waals surface area (Å²) < 4.78 is 1.05. The van der Waals surface area contributed by atoms with E-state index in [2.05, 4.69) is 70.5 Å². The Morgan fingerprint density at radius 1 is 0.600 bits per heavy atom. The molecule has 0 amide bonds. The van der Waals surface area contributed by atoms with Crippen LogP contribution in [0, 0.1) is 22.7 Å². The molecule has 2 nitrogen and oxygen atoms in total. The van der Waals surface area contributed by atoms with Gasteiger partial charge in [0.05, 0.1) is 28.7 Å². The zero-order valence-electron chi connectivity index (χ0n) is 15.9. The molecule has 0 spiro atoms. The Morgan fingerprint density at radius 3 is 1.70 bits per heavy atom. The van der Waals surface area contributed by atoms with Crippen LogP contribution in [0.3, 0.4) is 0 Å². The van der Waals surface area contributed by atoms with Crippen molar-refractivity contribution < 1.29 is 0 Å². The SMILES string of the molecule is N#Cc1ccc(C2(c3ccc(C#N)cc3)c3ccccc3-c3c(Br)cccc32)cc1. The van der Waals surface area contributed by atoms with Crippen LogP contribution in [-0.2, 0) is 5.41 Å². The van der Waals surface area contributed by atoms with E-state index in [1.807, 2.05) is 48.5 Å². The first-order chi connectivity index (χ1) is 14.7. The maximum atomic E-state index is 9.30.